The molecule has 0 bridgehead atoms. The Labute approximate surface area is 595 Å². The Morgan fingerprint density at radius 2 is 0.263 bits per heavy atom. The van der Waals surface area contributed by atoms with Crippen molar-refractivity contribution in [2.75, 3.05) is 0 Å². The average molecular weight is 1100 g/mol. The summed E-state index contributed by atoms with van der Waals surface area (Å²) in [6.07, 6.45) is 0. The third-order valence-corrected chi connectivity index (χ3v) is 20.6. The van der Waals surface area contributed by atoms with Crippen LogP contribution in [0.1, 0.15) is 22.3 Å². The molecule has 1 spiro atoms. The topological polar surface area (TPSA) is 0 Å². The lowest BCUT2D eigenvalue weighted by Gasteiger charge is -2.39. The predicted molar refractivity (Wildman–Crippen MR) is 442 cm³/mol. The molecule has 0 aromatic heterocycles. The summed E-state index contributed by atoms with van der Waals surface area (Å²) in [5, 5.41) is 1.91. The van der Waals surface area contributed by atoms with E-state index >= 15 is 0 Å². The van der Waals surface area contributed by atoms with Crippen molar-refractivity contribution in [1.29, 1.82) is 0 Å². The van der Waals surface area contributed by atoms with Crippen LogP contribution in [-0.4, -0.2) is 267 Å². The quantitative estimate of drug-likeness (QED) is 0.120. The summed E-state index contributed by atoms with van der Waals surface area (Å²) in [6, 6.07) is 0. The van der Waals surface area contributed by atoms with Gasteiger partial charge in [-0.25, -0.2) is 0 Å². The van der Waals surface area contributed by atoms with Crippen molar-refractivity contribution in [3.63, 3.8) is 0 Å². The molecule has 68 radical (unpaired) electrons. The maximum absolute atomic E-state index is 8.05. The van der Waals surface area contributed by atoms with Crippen molar-refractivity contribution in [1.82, 2.24) is 0 Å². The first kappa shape index (κ1) is 65.4. The molecule has 2 aliphatic rings. The third-order valence-electron chi connectivity index (χ3n) is 20.6. The second-order valence-corrected chi connectivity index (χ2v) is 24.6. The highest BCUT2D eigenvalue weighted by Crippen LogP contribution is 2.61. The van der Waals surface area contributed by atoms with Crippen LogP contribution in [0.5, 0.6) is 0 Å². The number of fused-ring (bicyclic) bond motifs is 12. The van der Waals surface area contributed by atoms with Crippen molar-refractivity contribution in [3.8, 4) is 44.5 Å². The monoisotopic (exact) mass is 1110 g/mol. The molecule has 0 saturated carbocycles. The van der Waals surface area contributed by atoms with Gasteiger partial charge in [0.1, 0.15) is 267 Å². The maximum Gasteiger partial charge on any atom is 0.115 e. The lowest BCUT2D eigenvalue weighted by atomic mass is 9.53. The number of rotatable bonds is 2. The molecule has 0 atom stereocenters. The number of hydrogen-bond acceptors (Lipinski definition) is 0. The Morgan fingerprint density at radius 3 is 0.600 bits per heavy atom. The highest BCUT2D eigenvalue weighted by molar-refractivity contribution is 6.80. The highest BCUT2D eigenvalue weighted by Gasteiger charge is 2.57. The smallest absolute Gasteiger partial charge is 0.111 e. The standard InChI is InChI=1S/C61B34/c62-27-20(7-5-1-3-16(40(75)29(5)64)49(84)55(90)51(86)18(3)44(79)42(77)14(1)38(73)31(7)66)46(81)35(70)13-22(27)48(83)33(68)9-10-24(61(23(9)13)25-11(36(71)57(92)59(94)53(25)88)12-26(61)54(89)60(95)58(93)37(12)72)28(63)21(47(82)34(10)69)8-6-2-4-17(41(76)30(6)65)50(85)56(91)52(87)19(4)45(80)43(78)15(2)39(74)32(8)67. The Morgan fingerprint density at radius 1 is 0.0947 bits per heavy atom. The molecule has 13 aromatic carbocycles. The van der Waals surface area contributed by atoms with Gasteiger partial charge in [0.2, 0.25) is 0 Å². The van der Waals surface area contributed by atoms with Gasteiger partial charge in [0.25, 0.3) is 0 Å². The van der Waals surface area contributed by atoms with Crippen molar-refractivity contribution < 1.29 is 0 Å². The molecule has 0 amide bonds. The van der Waals surface area contributed by atoms with Crippen molar-refractivity contribution in [2.24, 2.45) is 0 Å². The third kappa shape index (κ3) is 7.22. The van der Waals surface area contributed by atoms with Gasteiger partial charge in [-0.3, -0.25) is 0 Å². The van der Waals surface area contributed by atoms with Crippen LogP contribution in [0.4, 0.5) is 0 Å². The zero-order valence-corrected chi connectivity index (χ0v) is 50.1. The first-order valence-corrected chi connectivity index (χ1v) is 28.6. The molecule has 0 nitrogen and oxygen atoms in total. The Hall–Kier alpha value is -5.59. The van der Waals surface area contributed by atoms with Gasteiger partial charge in [-0.1, -0.05) is 153 Å². The molecule has 0 heterocycles. The molecule has 15 rings (SSSR count). The van der Waals surface area contributed by atoms with Crippen LogP contribution in [0.3, 0.4) is 0 Å². The largest absolute Gasteiger partial charge is 0.115 e. The van der Waals surface area contributed by atoms with Crippen molar-refractivity contribution in [2.45, 2.75) is 5.41 Å². The van der Waals surface area contributed by atoms with Crippen LogP contribution in [0.2, 0.25) is 0 Å². The fourth-order valence-electron chi connectivity index (χ4n) is 16.2. The van der Waals surface area contributed by atoms with Crippen molar-refractivity contribution in [3.05, 3.63) is 22.3 Å². The van der Waals surface area contributed by atoms with E-state index < -0.39 is 5.41 Å². The summed E-state index contributed by atoms with van der Waals surface area (Å²) in [6.45, 7) is 0. The Kier molecular flexibility index (Phi) is 14.3. The Bertz CT molecular complexity index is 5950. The van der Waals surface area contributed by atoms with E-state index in [1.165, 1.54) is 0 Å². The fraction of sp³-hybridized carbons (Fsp3) is 0.0164. The van der Waals surface area contributed by atoms with E-state index in [2.05, 4.69) is 0 Å². The summed E-state index contributed by atoms with van der Waals surface area (Å²) in [4.78, 5) is 0. The van der Waals surface area contributed by atoms with E-state index in [4.69, 9.17) is 267 Å². The normalized spacial score (nSPS) is 13.1. The number of hydrogen-bond donors (Lipinski definition) is 0. The summed E-state index contributed by atoms with van der Waals surface area (Å²) in [5.41, 5.74) is -7.83. The first-order valence-electron chi connectivity index (χ1n) is 28.6. The molecular formula is C61B34. The fourth-order valence-corrected chi connectivity index (χ4v) is 16.2. The minimum atomic E-state index is -2.30. The van der Waals surface area contributed by atoms with Crippen molar-refractivity contribution >= 4 is 528 Å². The zero-order valence-electron chi connectivity index (χ0n) is 50.1. The molecule has 34 heteroatoms. The van der Waals surface area contributed by atoms with E-state index in [1.807, 2.05) is 0 Å². The second kappa shape index (κ2) is 20.8. The van der Waals surface area contributed by atoms with Gasteiger partial charge in [0.05, 0.1) is 5.41 Å². The van der Waals surface area contributed by atoms with Crippen LogP contribution in [0, 0.1) is 0 Å². The summed E-state index contributed by atoms with van der Waals surface area (Å²) in [5.74, 6) is 0. The average Bonchev–Trinajstić information content (AvgIpc) is 1.50. The van der Waals surface area contributed by atoms with Crippen LogP contribution >= 0.6 is 0 Å². The first-order chi connectivity index (χ1) is 44.5. The lowest BCUT2D eigenvalue weighted by molar-refractivity contribution is 0.821. The van der Waals surface area contributed by atoms with E-state index in [-0.39, 0.29) is 328 Å². The molecule has 346 valence electrons. The van der Waals surface area contributed by atoms with Crippen LogP contribution in [0.15, 0.2) is 0 Å². The predicted octanol–water partition coefficient (Wildman–Crippen LogP) is -24.7. The molecule has 2 aliphatic carbocycles. The van der Waals surface area contributed by atoms with Gasteiger partial charge in [-0.15, -0.1) is 32.8 Å². The molecule has 0 fully saturated rings. The molecule has 0 N–H and O–H groups in total. The molecule has 13 aromatic rings. The second-order valence-electron chi connectivity index (χ2n) is 24.6. The van der Waals surface area contributed by atoms with Crippen LogP contribution in [-0.2, 0) is 5.41 Å². The van der Waals surface area contributed by atoms with E-state index in [1.54, 1.807) is 0 Å². The summed E-state index contributed by atoms with van der Waals surface area (Å²) >= 11 is 0. The van der Waals surface area contributed by atoms with Crippen LogP contribution < -0.4 is 186 Å². The van der Waals surface area contributed by atoms with E-state index in [0.717, 1.165) is 0 Å². The van der Waals surface area contributed by atoms with Gasteiger partial charge in [-0.2, -0.15) is 0 Å². The Balaban J connectivity index is 1.19. The summed E-state index contributed by atoms with van der Waals surface area (Å²) < 4.78 is 0. The minimum Gasteiger partial charge on any atom is -0.111 e. The van der Waals surface area contributed by atoms with E-state index in [9.17, 15) is 0 Å². The minimum absolute atomic E-state index is 0.00401. The SMILES string of the molecule is [B]c1c([B])c([B])c2c(c1[B])-c1c([B])c([B])c([B])c([B])c1C21c2c([B])c(-c3c([B])c([B])c4c([B])c([B])c5c([B])c([B])c([B])c6c([B])c([B])c3c4c56)c([B])c([B])c2-c2c([B])c([B])c3c([B])c(-c4c([B])c([B])c5c([B])c([B])c6c([B])c([B])c([B])c7c([B])c([B])c4c5c67)c([B])c([B])c3c21. The van der Waals surface area contributed by atoms with Gasteiger partial charge in [0, 0.05) is 0 Å². The lowest BCUT2D eigenvalue weighted by Crippen LogP contribution is -2.54. The van der Waals surface area contributed by atoms with Gasteiger partial charge in [0.15, 0.2) is 0 Å². The maximum atomic E-state index is 8.05. The zero-order chi connectivity index (χ0) is 69.1. The number of benzene rings is 13. The molecule has 0 aliphatic heterocycles. The van der Waals surface area contributed by atoms with E-state index in [0.29, 0.717) is 0 Å². The van der Waals surface area contributed by atoms with Gasteiger partial charge < -0.3 is 0 Å². The van der Waals surface area contributed by atoms with Crippen LogP contribution in [0.25, 0.3) is 120 Å². The van der Waals surface area contributed by atoms with Gasteiger partial charge in [-0.05, 0) is 142 Å². The van der Waals surface area contributed by atoms with Gasteiger partial charge >= 0.3 is 0 Å². The molecule has 95 heavy (non-hydrogen) atoms. The molecule has 0 saturated heterocycles. The highest BCUT2D eigenvalue weighted by atomic mass is 14.6. The molecular weight excluding hydrogens is 1100 g/mol. The summed E-state index contributed by atoms with van der Waals surface area (Å²) in [7, 11) is 243. The molecule has 0 unspecified atom stereocenters.